The normalized spacial score (nSPS) is 19.5. The van der Waals surface area contributed by atoms with E-state index in [1.807, 2.05) is 31.2 Å². The number of carbonyl (C=O) groups excluding carboxylic acids is 3. The first-order chi connectivity index (χ1) is 24.0. The Hall–Kier alpha value is -4.18. The quantitative estimate of drug-likeness (QED) is 0.0576. The molecule has 6 N–H and O–H groups in total. The molecule has 1 rings (SSSR count). The van der Waals surface area contributed by atoms with E-state index in [-0.39, 0.29) is 18.6 Å². The maximum atomic E-state index is 13.0. The molecule has 0 saturated carbocycles. The number of likely N-dealkylation sites (N-methyl/N-ethyl adjacent to an activating group) is 1. The SMILES string of the molecule is COC(C)C(C(O)OC)N(C)C(=O)C(O)(CO)NC(=O)/C=C/C=C/C=C/C=C\CNC(=O)C(C)(C)C(O)\C(C)=C/C=C\C=C\CC1CN=C(C)O1. The van der Waals surface area contributed by atoms with Gasteiger partial charge in [0.25, 0.3) is 5.91 Å². The molecule has 0 fully saturated rings. The molecule has 0 radical (unpaired) electrons. The highest BCUT2D eigenvalue weighted by molar-refractivity contribution is 5.94. The van der Waals surface area contributed by atoms with Gasteiger partial charge in [-0.05, 0) is 33.3 Å². The number of allylic oxidation sites excluding steroid dienone is 10. The van der Waals surface area contributed by atoms with Crippen LogP contribution in [0.15, 0.2) is 89.6 Å². The molecule has 14 nitrogen and oxygen atoms in total. The van der Waals surface area contributed by atoms with Crippen LogP contribution in [0.1, 0.15) is 41.0 Å². The monoisotopic (exact) mass is 716 g/mol. The number of hydrogen-bond acceptors (Lipinski definition) is 11. The first-order valence-electron chi connectivity index (χ1n) is 16.5. The topological polar surface area (TPSA) is 199 Å². The fourth-order valence-corrected chi connectivity index (χ4v) is 4.81. The van der Waals surface area contributed by atoms with Crippen molar-refractivity contribution in [3.05, 3.63) is 84.6 Å². The number of amides is 3. The minimum absolute atomic E-state index is 0.0782. The number of nitrogens with zero attached hydrogens (tertiary/aromatic N) is 2. The van der Waals surface area contributed by atoms with Crippen LogP contribution in [-0.4, -0.2) is 126 Å². The van der Waals surface area contributed by atoms with Crippen LogP contribution in [0.25, 0.3) is 0 Å². The molecule has 0 aromatic heterocycles. The molecule has 284 valence electrons. The van der Waals surface area contributed by atoms with Crippen molar-refractivity contribution in [2.24, 2.45) is 10.4 Å². The van der Waals surface area contributed by atoms with Crippen molar-refractivity contribution in [3.8, 4) is 0 Å². The third kappa shape index (κ3) is 14.9. The van der Waals surface area contributed by atoms with Gasteiger partial charge in [0, 0.05) is 47.2 Å². The molecule has 0 saturated heterocycles. The van der Waals surface area contributed by atoms with Gasteiger partial charge in [-0.3, -0.25) is 19.4 Å². The van der Waals surface area contributed by atoms with E-state index in [0.717, 1.165) is 17.4 Å². The second kappa shape index (κ2) is 22.6. The van der Waals surface area contributed by atoms with Gasteiger partial charge >= 0.3 is 0 Å². The van der Waals surface area contributed by atoms with Crippen LogP contribution in [0.3, 0.4) is 0 Å². The Bertz CT molecular complexity index is 1370. The molecule has 0 aliphatic carbocycles. The lowest BCUT2D eigenvalue weighted by Crippen LogP contribution is -2.65. The van der Waals surface area contributed by atoms with E-state index < -0.39 is 54.1 Å². The summed E-state index contributed by atoms with van der Waals surface area (Å²) in [5, 5.41) is 46.3. The van der Waals surface area contributed by atoms with Crippen LogP contribution in [0.4, 0.5) is 0 Å². The lowest BCUT2D eigenvalue weighted by Gasteiger charge is -2.38. The zero-order valence-electron chi connectivity index (χ0n) is 30.9. The Labute approximate surface area is 301 Å². The van der Waals surface area contributed by atoms with E-state index >= 15 is 0 Å². The highest BCUT2D eigenvalue weighted by Gasteiger charge is 2.44. The van der Waals surface area contributed by atoms with Gasteiger partial charge in [0.05, 0.1) is 24.2 Å². The molecule has 3 amide bonds. The number of rotatable bonds is 21. The van der Waals surface area contributed by atoms with Gasteiger partial charge in [-0.15, -0.1) is 0 Å². The van der Waals surface area contributed by atoms with Crippen molar-refractivity contribution >= 4 is 23.6 Å². The standard InChI is InChI=1S/C37H56N4O10/c1-26(20-16-13-14-17-21-29-24-39-28(3)51-29)32(44)36(4,5)34(46)38-23-19-15-11-9-10-12-18-22-30(43)40-37(48,25-42)35(47)41(6)31(27(2)49-7)33(45)50-8/h9-20,22,27,29,31-33,42,44-45,48H,21,23-25H2,1-8H3,(H,38,46)(H,40,43)/b11-9+,12-10+,16-13-,17-14+,19-15-,22-18+,26-20-. The molecule has 0 aromatic rings. The highest BCUT2D eigenvalue weighted by Crippen LogP contribution is 2.26. The number of aliphatic hydroxyl groups is 4. The molecule has 0 spiro atoms. The van der Waals surface area contributed by atoms with Crippen LogP contribution in [0.5, 0.6) is 0 Å². The van der Waals surface area contributed by atoms with Crippen LogP contribution in [-0.2, 0) is 28.6 Å². The van der Waals surface area contributed by atoms with Crippen molar-refractivity contribution < 1.29 is 49.0 Å². The molecule has 14 heteroatoms. The summed E-state index contributed by atoms with van der Waals surface area (Å²) in [6.45, 7) is 8.32. The number of nitrogens with one attached hydrogen (secondary N) is 2. The molecule has 0 bridgehead atoms. The third-order valence-corrected chi connectivity index (χ3v) is 8.06. The van der Waals surface area contributed by atoms with Crippen molar-refractivity contribution in [1.29, 1.82) is 0 Å². The number of hydrogen-bond donors (Lipinski definition) is 6. The summed E-state index contributed by atoms with van der Waals surface area (Å²) < 4.78 is 15.6. The highest BCUT2D eigenvalue weighted by atomic mass is 16.6. The van der Waals surface area contributed by atoms with E-state index in [9.17, 15) is 34.8 Å². The molecular weight excluding hydrogens is 660 g/mol. The summed E-state index contributed by atoms with van der Waals surface area (Å²) in [4.78, 5) is 43.3. The first-order valence-corrected chi connectivity index (χ1v) is 16.5. The Morgan fingerprint density at radius 1 is 1.02 bits per heavy atom. The maximum Gasteiger partial charge on any atom is 0.278 e. The fraction of sp³-hybridized carbons (Fsp3) is 0.514. The number of methoxy groups -OCH3 is 2. The van der Waals surface area contributed by atoms with Crippen LogP contribution < -0.4 is 10.6 Å². The summed E-state index contributed by atoms with van der Waals surface area (Å²) in [6, 6.07) is -1.06. The van der Waals surface area contributed by atoms with Crippen molar-refractivity contribution in [2.75, 3.05) is 41.0 Å². The summed E-state index contributed by atoms with van der Waals surface area (Å²) in [6.07, 6.45) is 19.4. The van der Waals surface area contributed by atoms with Gasteiger partial charge in [-0.2, -0.15) is 0 Å². The predicted octanol–water partition coefficient (Wildman–Crippen LogP) is 1.60. The van der Waals surface area contributed by atoms with Gasteiger partial charge in [0.2, 0.25) is 17.5 Å². The molecule has 6 atom stereocenters. The van der Waals surface area contributed by atoms with E-state index in [2.05, 4.69) is 15.6 Å². The fourth-order valence-electron chi connectivity index (χ4n) is 4.81. The molecular formula is C37H56N4O10. The molecule has 1 heterocycles. The van der Waals surface area contributed by atoms with E-state index in [0.29, 0.717) is 18.0 Å². The van der Waals surface area contributed by atoms with Crippen LogP contribution in [0.2, 0.25) is 0 Å². The molecule has 1 aliphatic rings. The summed E-state index contributed by atoms with van der Waals surface area (Å²) in [5.41, 5.74) is -3.09. The minimum Gasteiger partial charge on any atom is -0.476 e. The number of aliphatic imine (C=N–C) groups is 1. The Morgan fingerprint density at radius 3 is 2.22 bits per heavy atom. The summed E-state index contributed by atoms with van der Waals surface area (Å²) >= 11 is 0. The summed E-state index contributed by atoms with van der Waals surface area (Å²) in [5.74, 6) is -1.54. The number of aliphatic hydroxyl groups excluding tert-OH is 3. The van der Waals surface area contributed by atoms with Crippen LogP contribution >= 0.6 is 0 Å². The molecule has 6 unspecified atom stereocenters. The van der Waals surface area contributed by atoms with Gasteiger partial charge in [0.1, 0.15) is 18.8 Å². The van der Waals surface area contributed by atoms with Gasteiger partial charge in [-0.25, -0.2) is 0 Å². The van der Waals surface area contributed by atoms with Crippen molar-refractivity contribution in [2.45, 2.75) is 77.4 Å². The average Bonchev–Trinajstić information content (AvgIpc) is 3.53. The minimum atomic E-state index is -2.67. The second-order valence-corrected chi connectivity index (χ2v) is 12.4. The Kier molecular flexibility index (Phi) is 19.9. The maximum absolute atomic E-state index is 13.0. The van der Waals surface area contributed by atoms with E-state index in [4.69, 9.17) is 14.2 Å². The zero-order valence-corrected chi connectivity index (χ0v) is 30.9. The van der Waals surface area contributed by atoms with Crippen molar-refractivity contribution in [1.82, 2.24) is 15.5 Å². The largest absolute Gasteiger partial charge is 0.476 e. The lowest BCUT2D eigenvalue weighted by molar-refractivity contribution is -0.185. The average molecular weight is 717 g/mol. The smallest absolute Gasteiger partial charge is 0.278 e. The summed E-state index contributed by atoms with van der Waals surface area (Å²) in [7, 11) is 3.86. The molecule has 1 aliphatic heterocycles. The number of carbonyl (C=O) groups is 3. The second-order valence-electron chi connectivity index (χ2n) is 12.4. The van der Waals surface area contributed by atoms with Gasteiger partial charge in [-0.1, -0.05) is 72.9 Å². The van der Waals surface area contributed by atoms with Gasteiger partial charge in [0.15, 0.2) is 12.2 Å². The first kappa shape index (κ1) is 44.8. The van der Waals surface area contributed by atoms with E-state index in [1.165, 1.54) is 33.4 Å². The van der Waals surface area contributed by atoms with Crippen LogP contribution in [0, 0.1) is 5.41 Å². The lowest BCUT2D eigenvalue weighted by atomic mass is 9.81. The van der Waals surface area contributed by atoms with Gasteiger partial charge < -0.3 is 50.2 Å². The molecule has 51 heavy (non-hydrogen) atoms. The van der Waals surface area contributed by atoms with Crippen molar-refractivity contribution in [3.63, 3.8) is 0 Å². The Balaban J connectivity index is 2.56. The predicted molar refractivity (Wildman–Crippen MR) is 195 cm³/mol. The number of ether oxygens (including phenoxy) is 3. The molecule has 0 aromatic carbocycles. The zero-order chi connectivity index (χ0) is 38.6. The van der Waals surface area contributed by atoms with E-state index in [1.54, 1.807) is 64.2 Å². The third-order valence-electron chi connectivity index (χ3n) is 8.06. The Morgan fingerprint density at radius 2 is 1.63 bits per heavy atom.